The zero-order valence-corrected chi connectivity index (χ0v) is 15.8. The Hall–Kier alpha value is -3.06. The summed E-state index contributed by atoms with van der Waals surface area (Å²) >= 11 is 1.30. The topological polar surface area (TPSA) is 81.2 Å². The number of hydrogen-bond acceptors (Lipinski definition) is 6. The van der Waals surface area contributed by atoms with E-state index in [9.17, 15) is 9.59 Å². The van der Waals surface area contributed by atoms with E-state index in [1.54, 1.807) is 11.6 Å². The third-order valence-electron chi connectivity index (χ3n) is 3.91. The number of pyridine rings is 1. The van der Waals surface area contributed by atoms with E-state index in [1.165, 1.54) is 18.3 Å². The van der Waals surface area contributed by atoms with Gasteiger partial charge in [0, 0.05) is 11.6 Å². The molecule has 0 aliphatic heterocycles. The molecular weight excluding hydrogens is 362 g/mol. The zero-order valence-electron chi connectivity index (χ0n) is 15.0. The smallest absolute Gasteiger partial charge is 0.358 e. The summed E-state index contributed by atoms with van der Waals surface area (Å²) in [5.74, 6) is -0.997. The molecule has 7 heteroatoms. The van der Waals surface area contributed by atoms with Crippen molar-refractivity contribution in [3.05, 3.63) is 71.4 Å². The van der Waals surface area contributed by atoms with Crippen LogP contribution in [0, 0.1) is 0 Å². The maximum absolute atomic E-state index is 12.3. The summed E-state index contributed by atoms with van der Waals surface area (Å²) in [7, 11) is 0. The van der Waals surface area contributed by atoms with Gasteiger partial charge >= 0.3 is 5.97 Å². The van der Waals surface area contributed by atoms with Crippen LogP contribution in [0.25, 0.3) is 10.7 Å². The Bertz CT molecular complexity index is 912. The average molecular weight is 381 g/mol. The normalized spacial score (nSPS) is 12.8. The molecule has 3 aromatic rings. The van der Waals surface area contributed by atoms with Crippen molar-refractivity contribution in [2.45, 2.75) is 26.0 Å². The predicted octanol–water partition coefficient (Wildman–Crippen LogP) is 3.63. The van der Waals surface area contributed by atoms with Crippen LogP contribution in [-0.4, -0.2) is 27.9 Å². The molecule has 0 aliphatic carbocycles. The second-order valence-corrected chi connectivity index (χ2v) is 6.80. The van der Waals surface area contributed by atoms with Crippen molar-refractivity contribution in [1.29, 1.82) is 0 Å². The molecule has 1 N–H and O–H groups in total. The predicted molar refractivity (Wildman–Crippen MR) is 103 cm³/mol. The summed E-state index contributed by atoms with van der Waals surface area (Å²) in [6.45, 7) is 3.42. The van der Waals surface area contributed by atoms with Crippen molar-refractivity contribution in [2.75, 3.05) is 0 Å². The van der Waals surface area contributed by atoms with E-state index in [0.29, 0.717) is 10.7 Å². The van der Waals surface area contributed by atoms with E-state index in [-0.39, 0.29) is 17.6 Å². The van der Waals surface area contributed by atoms with Crippen LogP contribution in [0.2, 0.25) is 0 Å². The first-order valence-electron chi connectivity index (χ1n) is 8.48. The lowest BCUT2D eigenvalue weighted by atomic mass is 10.1. The largest absolute Gasteiger partial charge is 0.448 e. The molecule has 6 nitrogen and oxygen atoms in total. The summed E-state index contributed by atoms with van der Waals surface area (Å²) in [4.78, 5) is 33.0. The maximum atomic E-state index is 12.3. The molecule has 2 atom stereocenters. The second kappa shape index (κ2) is 8.55. The Balaban J connectivity index is 1.59. The molecule has 2 aromatic heterocycles. The van der Waals surface area contributed by atoms with Crippen LogP contribution in [0.15, 0.2) is 60.1 Å². The highest BCUT2D eigenvalue weighted by molar-refractivity contribution is 7.13. The maximum Gasteiger partial charge on any atom is 0.358 e. The Morgan fingerprint density at radius 1 is 1.07 bits per heavy atom. The van der Waals surface area contributed by atoms with Crippen LogP contribution in [0.3, 0.4) is 0 Å². The first-order chi connectivity index (χ1) is 13.0. The summed E-state index contributed by atoms with van der Waals surface area (Å²) in [6.07, 6.45) is 0.735. The number of nitrogens with one attached hydrogen (secondary N) is 1. The highest BCUT2D eigenvalue weighted by atomic mass is 32.1. The molecule has 1 amide bonds. The minimum Gasteiger partial charge on any atom is -0.448 e. The number of carbonyl (C=O) groups is 2. The van der Waals surface area contributed by atoms with Gasteiger partial charge in [0.1, 0.15) is 5.01 Å². The second-order valence-electron chi connectivity index (χ2n) is 5.94. The van der Waals surface area contributed by atoms with E-state index < -0.39 is 12.1 Å². The first kappa shape index (κ1) is 18.7. The van der Waals surface area contributed by atoms with Gasteiger partial charge in [-0.25, -0.2) is 9.78 Å². The number of aromatic nitrogens is 2. The molecule has 0 unspecified atom stereocenters. The molecule has 0 bridgehead atoms. The van der Waals surface area contributed by atoms with E-state index >= 15 is 0 Å². The highest BCUT2D eigenvalue weighted by Gasteiger charge is 2.22. The van der Waals surface area contributed by atoms with Gasteiger partial charge in [-0.3, -0.25) is 9.78 Å². The molecule has 0 aliphatic rings. The third kappa shape index (κ3) is 4.77. The number of carbonyl (C=O) groups excluding carboxylic acids is 2. The van der Waals surface area contributed by atoms with E-state index in [1.807, 2.05) is 55.5 Å². The van der Waals surface area contributed by atoms with Crippen molar-refractivity contribution in [1.82, 2.24) is 15.3 Å². The van der Waals surface area contributed by atoms with E-state index in [0.717, 1.165) is 5.56 Å². The van der Waals surface area contributed by atoms with Crippen molar-refractivity contribution in [2.24, 2.45) is 0 Å². The molecule has 0 saturated heterocycles. The number of thiazole rings is 1. The number of amides is 1. The van der Waals surface area contributed by atoms with Gasteiger partial charge in [-0.05, 0) is 31.5 Å². The first-order valence-corrected chi connectivity index (χ1v) is 9.36. The van der Waals surface area contributed by atoms with E-state index in [4.69, 9.17) is 4.74 Å². The Morgan fingerprint density at radius 2 is 1.81 bits per heavy atom. The highest BCUT2D eigenvalue weighted by Crippen LogP contribution is 2.22. The molecule has 0 fully saturated rings. The Kier molecular flexibility index (Phi) is 5.93. The minimum atomic E-state index is -0.927. The van der Waals surface area contributed by atoms with Gasteiger partial charge in [0.05, 0.1) is 11.7 Å². The number of ether oxygens (including phenoxy) is 1. The zero-order chi connectivity index (χ0) is 19.2. The average Bonchev–Trinajstić information content (AvgIpc) is 3.19. The number of benzene rings is 1. The molecule has 0 radical (unpaired) electrons. The van der Waals surface area contributed by atoms with Gasteiger partial charge in [-0.1, -0.05) is 36.4 Å². The lowest BCUT2D eigenvalue weighted by molar-refractivity contribution is -0.129. The van der Waals surface area contributed by atoms with Gasteiger partial charge in [0.2, 0.25) is 0 Å². The molecule has 0 saturated carbocycles. The van der Waals surface area contributed by atoms with Gasteiger partial charge in [0.15, 0.2) is 11.8 Å². The Morgan fingerprint density at radius 3 is 2.52 bits per heavy atom. The molecule has 2 heterocycles. The van der Waals surface area contributed by atoms with Crippen molar-refractivity contribution >= 4 is 23.2 Å². The van der Waals surface area contributed by atoms with Crippen molar-refractivity contribution in [3.8, 4) is 10.7 Å². The number of hydrogen-bond donors (Lipinski definition) is 1. The number of esters is 1. The SMILES string of the molecule is C[C@H](OC(=O)c1csc(-c2ccccn2)n1)C(=O)N[C@H](C)c1ccccc1. The fourth-order valence-corrected chi connectivity index (χ4v) is 3.17. The van der Waals surface area contributed by atoms with Crippen LogP contribution in [0.1, 0.15) is 35.9 Å². The number of nitrogens with zero attached hydrogens (tertiary/aromatic N) is 2. The van der Waals surface area contributed by atoms with Gasteiger partial charge < -0.3 is 10.1 Å². The fourth-order valence-electron chi connectivity index (χ4n) is 2.40. The standard InChI is InChI=1S/C20H19N3O3S/c1-13(15-8-4-3-5-9-15)22-18(24)14(2)26-20(25)17-12-27-19(23-17)16-10-6-7-11-21-16/h3-14H,1-2H3,(H,22,24)/t13-,14+/m1/s1. The molecule has 27 heavy (non-hydrogen) atoms. The lowest BCUT2D eigenvalue weighted by Gasteiger charge is -2.18. The summed E-state index contributed by atoms with van der Waals surface area (Å²) in [5, 5.41) is 5.06. The molecule has 3 rings (SSSR count). The lowest BCUT2D eigenvalue weighted by Crippen LogP contribution is -2.37. The van der Waals surface area contributed by atoms with Crippen LogP contribution >= 0.6 is 11.3 Å². The monoisotopic (exact) mass is 381 g/mol. The van der Waals surface area contributed by atoms with Crippen LogP contribution < -0.4 is 5.32 Å². The molecular formula is C20H19N3O3S. The van der Waals surface area contributed by atoms with Crippen molar-refractivity contribution in [3.63, 3.8) is 0 Å². The van der Waals surface area contributed by atoms with Gasteiger partial charge in [0.25, 0.3) is 5.91 Å². The summed E-state index contributed by atoms with van der Waals surface area (Å²) in [6, 6.07) is 14.9. The Labute approximate surface area is 161 Å². The van der Waals surface area contributed by atoms with Gasteiger partial charge in [-0.15, -0.1) is 11.3 Å². The quantitative estimate of drug-likeness (QED) is 0.660. The number of rotatable bonds is 6. The summed E-state index contributed by atoms with van der Waals surface area (Å²) < 4.78 is 5.26. The molecule has 1 aromatic carbocycles. The van der Waals surface area contributed by atoms with Crippen LogP contribution in [-0.2, 0) is 9.53 Å². The molecule has 138 valence electrons. The van der Waals surface area contributed by atoms with E-state index in [2.05, 4.69) is 15.3 Å². The third-order valence-corrected chi connectivity index (χ3v) is 4.77. The fraction of sp³-hybridized carbons (Fsp3) is 0.200. The van der Waals surface area contributed by atoms with Crippen molar-refractivity contribution < 1.29 is 14.3 Å². The molecule has 0 spiro atoms. The van der Waals surface area contributed by atoms with Crippen LogP contribution in [0.5, 0.6) is 0 Å². The van der Waals surface area contributed by atoms with Crippen LogP contribution in [0.4, 0.5) is 0 Å². The minimum absolute atomic E-state index is 0.163. The summed E-state index contributed by atoms with van der Waals surface area (Å²) in [5.41, 5.74) is 1.82. The van der Waals surface area contributed by atoms with Gasteiger partial charge in [-0.2, -0.15) is 0 Å².